The molecule has 4 rings (SSSR count). The molecule has 2 aromatic rings. The van der Waals surface area contributed by atoms with Crippen LogP contribution < -0.4 is 4.90 Å². The Morgan fingerprint density at radius 2 is 1.70 bits per heavy atom. The van der Waals surface area contributed by atoms with Gasteiger partial charge in [0.05, 0.1) is 0 Å². The summed E-state index contributed by atoms with van der Waals surface area (Å²) >= 11 is 0. The Hall–Kier alpha value is -2.36. The summed E-state index contributed by atoms with van der Waals surface area (Å²) in [5.74, 6) is 1.58. The van der Waals surface area contributed by atoms with Crippen molar-refractivity contribution in [3.8, 4) is 0 Å². The molecule has 0 saturated carbocycles. The maximum absolute atomic E-state index is 12.1. The van der Waals surface area contributed by atoms with E-state index in [0.29, 0.717) is 17.7 Å². The second-order valence-electron chi connectivity index (χ2n) is 8.23. The van der Waals surface area contributed by atoms with E-state index in [1.807, 2.05) is 37.2 Å². The molecular formula is C23H29N3O. The molecule has 0 radical (unpaired) electrons. The zero-order chi connectivity index (χ0) is 18.8. The number of amides is 1. The lowest BCUT2D eigenvalue weighted by molar-refractivity contribution is -0.135. The van der Waals surface area contributed by atoms with Crippen molar-refractivity contribution < 1.29 is 4.79 Å². The van der Waals surface area contributed by atoms with Gasteiger partial charge in [-0.05, 0) is 48.1 Å². The van der Waals surface area contributed by atoms with E-state index in [1.54, 1.807) is 0 Å². The van der Waals surface area contributed by atoms with Gasteiger partial charge in [-0.15, -0.1) is 0 Å². The number of rotatable bonds is 4. The van der Waals surface area contributed by atoms with Gasteiger partial charge in [0.1, 0.15) is 0 Å². The zero-order valence-corrected chi connectivity index (χ0v) is 16.3. The number of likely N-dealkylation sites (tertiary alicyclic amines) is 1. The third-order valence-electron chi connectivity index (χ3n) is 6.07. The number of carbonyl (C=O) groups excluding carboxylic acids is 1. The summed E-state index contributed by atoms with van der Waals surface area (Å²) in [6.07, 6.45) is 5.97. The fourth-order valence-electron chi connectivity index (χ4n) is 4.27. The Morgan fingerprint density at radius 3 is 2.30 bits per heavy atom. The summed E-state index contributed by atoms with van der Waals surface area (Å²) in [5, 5.41) is 0. The molecule has 0 bridgehead atoms. The SMILES string of the molecule is CC(C)C(=O)N1CCC(c2ccc(N3CC(c4cccnc4)C3)cc2)CC1. The molecule has 2 saturated heterocycles. The molecule has 4 nitrogen and oxygen atoms in total. The molecular weight excluding hydrogens is 334 g/mol. The van der Waals surface area contributed by atoms with Crippen molar-refractivity contribution in [2.24, 2.45) is 5.92 Å². The minimum absolute atomic E-state index is 0.104. The largest absolute Gasteiger partial charge is 0.370 e. The van der Waals surface area contributed by atoms with Crippen LogP contribution in [0, 0.1) is 5.92 Å². The summed E-state index contributed by atoms with van der Waals surface area (Å²) in [6.45, 7) is 7.90. The maximum atomic E-state index is 12.1. The number of nitrogens with zero attached hydrogens (tertiary/aromatic N) is 3. The van der Waals surface area contributed by atoms with Gasteiger partial charge < -0.3 is 9.80 Å². The van der Waals surface area contributed by atoms with Crippen molar-refractivity contribution in [2.45, 2.75) is 38.5 Å². The third kappa shape index (κ3) is 3.85. The first-order valence-electron chi connectivity index (χ1n) is 10.2. The van der Waals surface area contributed by atoms with Gasteiger partial charge in [0.25, 0.3) is 0 Å². The molecule has 0 N–H and O–H groups in total. The van der Waals surface area contributed by atoms with E-state index in [4.69, 9.17) is 0 Å². The molecule has 1 aromatic heterocycles. The van der Waals surface area contributed by atoms with E-state index in [-0.39, 0.29) is 5.92 Å². The zero-order valence-electron chi connectivity index (χ0n) is 16.3. The molecule has 0 aliphatic carbocycles. The van der Waals surface area contributed by atoms with Gasteiger partial charge >= 0.3 is 0 Å². The lowest BCUT2D eigenvalue weighted by Crippen LogP contribution is -2.45. The van der Waals surface area contributed by atoms with E-state index in [0.717, 1.165) is 39.0 Å². The summed E-state index contributed by atoms with van der Waals surface area (Å²) in [4.78, 5) is 20.8. The minimum Gasteiger partial charge on any atom is -0.370 e. The van der Waals surface area contributed by atoms with E-state index >= 15 is 0 Å². The third-order valence-corrected chi connectivity index (χ3v) is 6.07. The topological polar surface area (TPSA) is 36.4 Å². The quantitative estimate of drug-likeness (QED) is 0.822. The number of hydrogen-bond acceptors (Lipinski definition) is 3. The number of anilines is 1. The molecule has 0 atom stereocenters. The van der Waals surface area contributed by atoms with E-state index < -0.39 is 0 Å². The normalized spacial score (nSPS) is 18.6. The molecule has 2 aliphatic heterocycles. The molecule has 1 aromatic carbocycles. The molecule has 142 valence electrons. The monoisotopic (exact) mass is 363 g/mol. The average Bonchev–Trinajstić information content (AvgIpc) is 2.68. The van der Waals surface area contributed by atoms with Gasteiger partial charge in [0, 0.05) is 56.1 Å². The van der Waals surface area contributed by atoms with Gasteiger partial charge in [-0.1, -0.05) is 32.0 Å². The van der Waals surface area contributed by atoms with Crippen LogP contribution in [-0.4, -0.2) is 42.0 Å². The average molecular weight is 364 g/mol. The molecule has 4 heteroatoms. The van der Waals surface area contributed by atoms with Gasteiger partial charge in [0.2, 0.25) is 5.91 Å². The Bertz CT molecular complexity index is 758. The molecule has 2 aliphatic rings. The highest BCUT2D eigenvalue weighted by molar-refractivity contribution is 5.78. The highest BCUT2D eigenvalue weighted by atomic mass is 16.2. The summed E-state index contributed by atoms with van der Waals surface area (Å²) in [5.41, 5.74) is 4.07. The van der Waals surface area contributed by atoms with Crippen LogP contribution in [0.4, 0.5) is 5.69 Å². The predicted molar refractivity (Wildman–Crippen MR) is 109 cm³/mol. The van der Waals surface area contributed by atoms with Crippen molar-refractivity contribution in [1.29, 1.82) is 0 Å². The molecule has 3 heterocycles. The first kappa shape index (κ1) is 18.0. The van der Waals surface area contributed by atoms with Crippen molar-refractivity contribution in [3.05, 3.63) is 59.9 Å². The van der Waals surface area contributed by atoms with E-state index in [9.17, 15) is 4.79 Å². The molecule has 27 heavy (non-hydrogen) atoms. The van der Waals surface area contributed by atoms with E-state index in [1.165, 1.54) is 16.8 Å². The number of aromatic nitrogens is 1. The Kier molecular flexibility index (Phi) is 5.15. The first-order valence-corrected chi connectivity index (χ1v) is 10.2. The maximum Gasteiger partial charge on any atom is 0.225 e. The van der Waals surface area contributed by atoms with Crippen molar-refractivity contribution in [3.63, 3.8) is 0 Å². The van der Waals surface area contributed by atoms with Crippen molar-refractivity contribution >= 4 is 11.6 Å². The summed E-state index contributed by atoms with van der Waals surface area (Å²) in [6, 6.07) is 13.3. The first-order chi connectivity index (χ1) is 13.1. The van der Waals surface area contributed by atoms with Crippen molar-refractivity contribution in [2.75, 3.05) is 31.1 Å². The highest BCUT2D eigenvalue weighted by Crippen LogP contribution is 2.34. The number of piperidine rings is 1. The molecule has 1 amide bonds. The lowest BCUT2D eigenvalue weighted by Gasteiger charge is -2.41. The predicted octanol–water partition coefficient (Wildman–Crippen LogP) is 4.05. The number of hydrogen-bond donors (Lipinski definition) is 0. The number of carbonyl (C=O) groups is 1. The van der Waals surface area contributed by atoms with Crippen LogP contribution in [0.2, 0.25) is 0 Å². The van der Waals surface area contributed by atoms with Crippen LogP contribution in [0.15, 0.2) is 48.8 Å². The van der Waals surface area contributed by atoms with Crippen LogP contribution in [0.5, 0.6) is 0 Å². The molecule has 0 unspecified atom stereocenters. The number of pyridine rings is 1. The van der Waals surface area contributed by atoms with E-state index in [2.05, 4.69) is 40.2 Å². The van der Waals surface area contributed by atoms with Gasteiger partial charge in [0.15, 0.2) is 0 Å². The standard InChI is InChI=1S/C23H29N3O/c1-17(2)23(27)25-12-9-19(10-13-25)18-5-7-22(8-6-18)26-15-21(16-26)20-4-3-11-24-14-20/h3-8,11,14,17,19,21H,9-10,12-13,15-16H2,1-2H3. The fourth-order valence-corrected chi connectivity index (χ4v) is 4.27. The van der Waals surface area contributed by atoms with Gasteiger partial charge in [-0.2, -0.15) is 0 Å². The van der Waals surface area contributed by atoms with Crippen LogP contribution in [-0.2, 0) is 4.79 Å². The van der Waals surface area contributed by atoms with Crippen LogP contribution in [0.25, 0.3) is 0 Å². The Balaban J connectivity index is 1.31. The van der Waals surface area contributed by atoms with Crippen LogP contribution in [0.1, 0.15) is 49.7 Å². The van der Waals surface area contributed by atoms with Crippen molar-refractivity contribution in [1.82, 2.24) is 9.88 Å². The summed E-state index contributed by atoms with van der Waals surface area (Å²) in [7, 11) is 0. The highest BCUT2D eigenvalue weighted by Gasteiger charge is 2.29. The second-order valence-corrected chi connectivity index (χ2v) is 8.23. The summed E-state index contributed by atoms with van der Waals surface area (Å²) < 4.78 is 0. The van der Waals surface area contributed by atoms with Gasteiger partial charge in [-0.3, -0.25) is 9.78 Å². The molecule has 0 spiro atoms. The van der Waals surface area contributed by atoms with Crippen LogP contribution >= 0.6 is 0 Å². The van der Waals surface area contributed by atoms with Gasteiger partial charge in [-0.25, -0.2) is 0 Å². The number of benzene rings is 1. The Labute approximate surface area is 162 Å². The fraction of sp³-hybridized carbons (Fsp3) is 0.478. The minimum atomic E-state index is 0.104. The Morgan fingerprint density at radius 1 is 1.00 bits per heavy atom. The molecule has 2 fully saturated rings. The smallest absolute Gasteiger partial charge is 0.225 e. The van der Waals surface area contributed by atoms with Crippen LogP contribution in [0.3, 0.4) is 0 Å². The second kappa shape index (κ2) is 7.71. The lowest BCUT2D eigenvalue weighted by atomic mass is 9.88.